The molecule has 3 rings (SSSR count). The summed E-state index contributed by atoms with van der Waals surface area (Å²) in [5, 5.41) is 3.12. The largest absolute Gasteiger partial charge is 0.381 e. The molecule has 2 atom stereocenters. The summed E-state index contributed by atoms with van der Waals surface area (Å²) in [5.74, 6) is -0.0215. The highest BCUT2D eigenvalue weighted by Gasteiger charge is 2.37. The van der Waals surface area contributed by atoms with Crippen LogP contribution in [0.5, 0.6) is 0 Å². The molecule has 1 aromatic carbocycles. The number of rotatable bonds is 5. The summed E-state index contributed by atoms with van der Waals surface area (Å²) in [6.45, 7) is 2.52. The van der Waals surface area contributed by atoms with Gasteiger partial charge in [0, 0.05) is 36.2 Å². The zero-order valence-corrected chi connectivity index (χ0v) is 15.4. The third-order valence-corrected chi connectivity index (χ3v) is 5.64. The summed E-state index contributed by atoms with van der Waals surface area (Å²) in [6.07, 6.45) is 3.07. The lowest BCUT2D eigenvalue weighted by Crippen LogP contribution is -2.47. The summed E-state index contributed by atoms with van der Waals surface area (Å²) < 4.78 is 12.3. The van der Waals surface area contributed by atoms with Crippen molar-refractivity contribution in [2.75, 3.05) is 26.3 Å². The molecule has 0 saturated carbocycles. The Hall–Kier alpha value is -0.950. The second-order valence-corrected chi connectivity index (χ2v) is 7.60. The van der Waals surface area contributed by atoms with Crippen molar-refractivity contribution >= 4 is 21.8 Å². The number of hydrogen-bond acceptors (Lipinski definition) is 4. The highest BCUT2D eigenvalue weighted by Crippen LogP contribution is 2.35. The molecular weight excluding hydrogens is 372 g/mol. The fraction of sp³-hybridized carbons (Fsp3) is 0.611. The van der Waals surface area contributed by atoms with Crippen molar-refractivity contribution < 1.29 is 14.3 Å². The first-order valence-electron chi connectivity index (χ1n) is 8.60. The van der Waals surface area contributed by atoms with Gasteiger partial charge in [-0.05, 0) is 43.4 Å². The Labute approximate surface area is 151 Å². The molecule has 0 aliphatic carbocycles. The summed E-state index contributed by atoms with van der Waals surface area (Å²) in [5.41, 5.74) is 6.79. The van der Waals surface area contributed by atoms with E-state index in [1.54, 1.807) is 0 Å². The van der Waals surface area contributed by atoms with Gasteiger partial charge in [-0.1, -0.05) is 28.1 Å². The minimum Gasteiger partial charge on any atom is -0.381 e. The van der Waals surface area contributed by atoms with E-state index in [1.807, 2.05) is 12.1 Å². The van der Waals surface area contributed by atoms with E-state index in [1.165, 1.54) is 5.56 Å². The second kappa shape index (κ2) is 7.95. The number of halogens is 1. The number of hydrogen-bond donors (Lipinski definition) is 2. The number of ether oxygens (including phenoxy) is 2. The first kappa shape index (κ1) is 17.9. The Balaban J connectivity index is 1.68. The molecule has 1 amide bonds. The molecule has 2 heterocycles. The number of carbonyl (C=O) groups excluding carboxylic acids is 1. The van der Waals surface area contributed by atoms with Crippen LogP contribution in [0.1, 0.15) is 31.2 Å². The number of amides is 1. The van der Waals surface area contributed by atoms with Crippen molar-refractivity contribution in [2.45, 2.75) is 43.3 Å². The van der Waals surface area contributed by atoms with Gasteiger partial charge in [0.2, 0.25) is 5.91 Å². The van der Waals surface area contributed by atoms with E-state index in [0.29, 0.717) is 13.1 Å². The zero-order valence-electron chi connectivity index (χ0n) is 13.8. The van der Waals surface area contributed by atoms with Crippen LogP contribution in [0.3, 0.4) is 0 Å². The molecule has 0 bridgehead atoms. The van der Waals surface area contributed by atoms with Crippen molar-refractivity contribution in [2.24, 2.45) is 5.73 Å². The minimum atomic E-state index is -0.363. The van der Waals surface area contributed by atoms with Crippen LogP contribution in [0.4, 0.5) is 0 Å². The van der Waals surface area contributed by atoms with E-state index in [-0.39, 0.29) is 23.5 Å². The smallest absolute Gasteiger partial charge is 0.249 e. The Bertz CT molecular complexity index is 575. The zero-order chi connectivity index (χ0) is 17.0. The molecule has 0 radical (unpaired) electrons. The third kappa shape index (κ3) is 3.99. The Morgan fingerprint density at radius 2 is 2.12 bits per heavy atom. The Kier molecular flexibility index (Phi) is 5.92. The average molecular weight is 397 g/mol. The molecule has 24 heavy (non-hydrogen) atoms. The van der Waals surface area contributed by atoms with E-state index in [0.717, 1.165) is 43.4 Å². The normalized spacial score (nSPS) is 26.2. The highest BCUT2D eigenvalue weighted by atomic mass is 79.9. The number of nitrogens with two attached hydrogens (primary N) is 1. The second-order valence-electron chi connectivity index (χ2n) is 6.68. The molecule has 132 valence electrons. The van der Waals surface area contributed by atoms with E-state index in [4.69, 9.17) is 15.2 Å². The lowest BCUT2D eigenvalue weighted by atomic mass is 9.74. The molecule has 0 aromatic heterocycles. The quantitative estimate of drug-likeness (QED) is 0.799. The SMILES string of the molecule is NC[C@H]1CC[C@@H](C(=O)NCC2(c3cccc(Br)c3)CCOCC2)O1. The Morgan fingerprint density at radius 1 is 1.33 bits per heavy atom. The third-order valence-electron chi connectivity index (χ3n) is 5.15. The van der Waals surface area contributed by atoms with Crippen molar-refractivity contribution in [3.05, 3.63) is 34.3 Å². The fourth-order valence-electron chi connectivity index (χ4n) is 3.59. The van der Waals surface area contributed by atoms with Gasteiger partial charge in [-0.2, -0.15) is 0 Å². The van der Waals surface area contributed by atoms with Gasteiger partial charge in [0.15, 0.2) is 0 Å². The number of carbonyl (C=O) groups is 1. The molecule has 5 nitrogen and oxygen atoms in total. The van der Waals surface area contributed by atoms with Crippen LogP contribution < -0.4 is 11.1 Å². The van der Waals surface area contributed by atoms with Crippen LogP contribution >= 0.6 is 15.9 Å². The van der Waals surface area contributed by atoms with Gasteiger partial charge in [-0.25, -0.2) is 0 Å². The van der Waals surface area contributed by atoms with Gasteiger partial charge in [0.25, 0.3) is 0 Å². The van der Waals surface area contributed by atoms with Gasteiger partial charge in [-0.3, -0.25) is 4.79 Å². The van der Waals surface area contributed by atoms with Gasteiger partial charge in [-0.15, -0.1) is 0 Å². The monoisotopic (exact) mass is 396 g/mol. The maximum absolute atomic E-state index is 12.5. The van der Waals surface area contributed by atoms with Crippen molar-refractivity contribution in [3.8, 4) is 0 Å². The molecule has 3 N–H and O–H groups in total. The van der Waals surface area contributed by atoms with E-state index in [9.17, 15) is 4.79 Å². The van der Waals surface area contributed by atoms with Crippen LogP contribution in [0.15, 0.2) is 28.7 Å². The summed E-state index contributed by atoms with van der Waals surface area (Å²) in [7, 11) is 0. The lowest BCUT2D eigenvalue weighted by molar-refractivity contribution is -0.132. The van der Waals surface area contributed by atoms with Crippen LogP contribution in [-0.4, -0.2) is 44.4 Å². The van der Waals surface area contributed by atoms with E-state index >= 15 is 0 Å². The number of nitrogens with one attached hydrogen (secondary N) is 1. The molecule has 1 aromatic rings. The predicted molar refractivity (Wildman–Crippen MR) is 95.8 cm³/mol. The standard InChI is InChI=1S/C18H25BrN2O3/c19-14-3-1-2-13(10-14)18(6-8-23-9-7-18)12-21-17(22)16-5-4-15(11-20)24-16/h1-3,10,15-16H,4-9,11-12,20H2,(H,21,22)/t15-,16+/m1/s1. The molecule has 2 saturated heterocycles. The van der Waals surface area contributed by atoms with Crippen LogP contribution in [-0.2, 0) is 19.7 Å². The predicted octanol–water partition coefficient (Wildman–Crippen LogP) is 2.12. The van der Waals surface area contributed by atoms with Crippen molar-refractivity contribution in [3.63, 3.8) is 0 Å². The Morgan fingerprint density at radius 3 is 2.79 bits per heavy atom. The maximum Gasteiger partial charge on any atom is 0.249 e. The van der Waals surface area contributed by atoms with Crippen LogP contribution in [0.25, 0.3) is 0 Å². The fourth-order valence-corrected chi connectivity index (χ4v) is 3.99. The summed E-state index contributed by atoms with van der Waals surface area (Å²) >= 11 is 3.55. The van der Waals surface area contributed by atoms with Gasteiger partial charge in [0.1, 0.15) is 6.10 Å². The first-order chi connectivity index (χ1) is 11.6. The molecule has 0 unspecified atom stereocenters. The lowest BCUT2D eigenvalue weighted by Gasteiger charge is -2.38. The van der Waals surface area contributed by atoms with Crippen LogP contribution in [0.2, 0.25) is 0 Å². The molecule has 6 heteroatoms. The van der Waals surface area contributed by atoms with E-state index < -0.39 is 0 Å². The van der Waals surface area contributed by atoms with Crippen molar-refractivity contribution in [1.29, 1.82) is 0 Å². The summed E-state index contributed by atoms with van der Waals surface area (Å²) in [6, 6.07) is 8.35. The molecule has 2 aliphatic rings. The highest BCUT2D eigenvalue weighted by molar-refractivity contribution is 9.10. The molecular formula is C18H25BrN2O3. The van der Waals surface area contributed by atoms with Gasteiger partial charge in [0.05, 0.1) is 6.10 Å². The summed E-state index contributed by atoms with van der Waals surface area (Å²) in [4.78, 5) is 12.5. The topological polar surface area (TPSA) is 73.6 Å². The number of benzene rings is 1. The first-order valence-corrected chi connectivity index (χ1v) is 9.39. The maximum atomic E-state index is 12.5. The van der Waals surface area contributed by atoms with Gasteiger partial charge < -0.3 is 20.5 Å². The molecule has 0 spiro atoms. The van der Waals surface area contributed by atoms with Crippen LogP contribution in [0, 0.1) is 0 Å². The minimum absolute atomic E-state index is 0.0165. The molecule has 2 fully saturated rings. The van der Waals surface area contributed by atoms with E-state index in [2.05, 4.69) is 33.4 Å². The molecule has 2 aliphatic heterocycles. The van der Waals surface area contributed by atoms with Gasteiger partial charge >= 0.3 is 0 Å². The average Bonchev–Trinajstić information content (AvgIpc) is 3.10. The van der Waals surface area contributed by atoms with Crippen molar-refractivity contribution in [1.82, 2.24) is 5.32 Å².